The number of amides is 1. The smallest absolute Gasteiger partial charge is 0.295 e. The second-order valence-electron chi connectivity index (χ2n) is 7.43. The highest BCUT2D eigenvalue weighted by Crippen LogP contribution is 2.39. The number of likely N-dealkylation sites (tertiary alicyclic amines) is 1. The summed E-state index contributed by atoms with van der Waals surface area (Å²) in [6.45, 7) is 10.1. The van der Waals surface area contributed by atoms with Crippen LogP contribution in [0.3, 0.4) is 0 Å². The molecule has 0 saturated carbocycles. The van der Waals surface area contributed by atoms with Crippen molar-refractivity contribution in [1.29, 1.82) is 0 Å². The quantitative estimate of drug-likeness (QED) is 0.356. The van der Waals surface area contributed by atoms with Crippen LogP contribution in [-0.4, -0.2) is 28.2 Å². The van der Waals surface area contributed by atoms with Crippen LogP contribution >= 0.6 is 0 Å². The lowest BCUT2D eigenvalue weighted by Gasteiger charge is -2.24. The number of nitrogens with zero attached hydrogens (tertiary/aromatic N) is 1. The molecule has 0 aromatic heterocycles. The van der Waals surface area contributed by atoms with E-state index in [4.69, 9.17) is 0 Å². The van der Waals surface area contributed by atoms with Crippen molar-refractivity contribution < 1.29 is 14.7 Å². The van der Waals surface area contributed by atoms with E-state index in [1.54, 1.807) is 18.2 Å². The Morgan fingerprint density at radius 3 is 2.25 bits per heavy atom. The van der Waals surface area contributed by atoms with Crippen molar-refractivity contribution >= 4 is 17.4 Å². The van der Waals surface area contributed by atoms with Gasteiger partial charge in [0.1, 0.15) is 5.76 Å². The van der Waals surface area contributed by atoms with Crippen LogP contribution < -0.4 is 0 Å². The largest absolute Gasteiger partial charge is 0.507 e. The average molecular weight is 375 g/mol. The average Bonchev–Trinajstić information content (AvgIpc) is 2.93. The monoisotopic (exact) mass is 375 g/mol. The maximum absolute atomic E-state index is 12.8. The second kappa shape index (κ2) is 7.85. The van der Waals surface area contributed by atoms with Gasteiger partial charge in [0.05, 0.1) is 11.6 Å². The van der Waals surface area contributed by atoms with Crippen molar-refractivity contribution in [3.8, 4) is 0 Å². The standard InChI is InChI=1S/C24H25NO3/c1-5-14-25-21(18-12-10-17(11-13-18)15(2)3)20(23(27)24(25)28)22(26)19-8-6-16(4)7-9-19/h5-13,15,21,26H,1,14H2,2-4H3/b22-20+/t21-/m1/s1. The normalized spacial score (nSPS) is 18.7. The molecule has 3 rings (SSSR count). The first-order valence-corrected chi connectivity index (χ1v) is 9.41. The first-order valence-electron chi connectivity index (χ1n) is 9.41. The molecule has 1 N–H and O–H groups in total. The Labute approximate surface area is 165 Å². The summed E-state index contributed by atoms with van der Waals surface area (Å²) < 4.78 is 0. The Kier molecular flexibility index (Phi) is 5.50. The number of hydrogen-bond acceptors (Lipinski definition) is 3. The summed E-state index contributed by atoms with van der Waals surface area (Å²) in [5, 5.41) is 10.9. The molecular weight excluding hydrogens is 350 g/mol. The Hall–Kier alpha value is -3.14. The number of carbonyl (C=O) groups excluding carboxylic acids is 2. The highest BCUT2D eigenvalue weighted by molar-refractivity contribution is 6.46. The van der Waals surface area contributed by atoms with E-state index in [-0.39, 0.29) is 17.9 Å². The molecule has 1 fully saturated rings. The highest BCUT2D eigenvalue weighted by Gasteiger charge is 2.45. The molecule has 1 heterocycles. The van der Waals surface area contributed by atoms with Crippen molar-refractivity contribution in [3.63, 3.8) is 0 Å². The van der Waals surface area contributed by atoms with E-state index >= 15 is 0 Å². The maximum atomic E-state index is 12.8. The predicted octanol–water partition coefficient (Wildman–Crippen LogP) is 4.73. The van der Waals surface area contributed by atoms with Crippen molar-refractivity contribution in [2.24, 2.45) is 0 Å². The number of benzene rings is 2. The summed E-state index contributed by atoms with van der Waals surface area (Å²) in [5.41, 5.74) is 3.64. The fourth-order valence-electron chi connectivity index (χ4n) is 3.48. The predicted molar refractivity (Wildman–Crippen MR) is 111 cm³/mol. The minimum atomic E-state index is -0.669. The summed E-state index contributed by atoms with van der Waals surface area (Å²) in [4.78, 5) is 26.9. The number of carbonyl (C=O) groups is 2. The first kappa shape index (κ1) is 19.6. The Bertz CT molecular complexity index is 937. The molecule has 0 unspecified atom stereocenters. The molecule has 0 bridgehead atoms. The van der Waals surface area contributed by atoms with E-state index in [9.17, 15) is 14.7 Å². The number of aliphatic hydroxyl groups excluding tert-OH is 1. The molecule has 144 valence electrons. The fraction of sp³-hybridized carbons (Fsp3) is 0.250. The van der Waals surface area contributed by atoms with Crippen molar-refractivity contribution in [2.75, 3.05) is 6.54 Å². The number of Topliss-reactive ketones (excluding diaryl/α,β-unsaturated/α-hetero) is 1. The van der Waals surface area contributed by atoms with Gasteiger partial charge in [-0.3, -0.25) is 9.59 Å². The summed E-state index contributed by atoms with van der Waals surface area (Å²) in [6.07, 6.45) is 1.59. The molecule has 2 aromatic rings. The third kappa shape index (κ3) is 3.50. The van der Waals surface area contributed by atoms with E-state index < -0.39 is 17.7 Å². The van der Waals surface area contributed by atoms with Crippen molar-refractivity contribution in [3.05, 3.63) is 89.0 Å². The fourth-order valence-corrected chi connectivity index (χ4v) is 3.48. The van der Waals surface area contributed by atoms with Gasteiger partial charge in [-0.05, 0) is 24.0 Å². The lowest BCUT2D eigenvalue weighted by Crippen LogP contribution is -2.29. The van der Waals surface area contributed by atoms with Crippen LogP contribution in [0.2, 0.25) is 0 Å². The van der Waals surface area contributed by atoms with Gasteiger partial charge < -0.3 is 10.0 Å². The van der Waals surface area contributed by atoms with Gasteiger partial charge in [-0.2, -0.15) is 0 Å². The van der Waals surface area contributed by atoms with E-state index in [1.165, 1.54) is 10.5 Å². The van der Waals surface area contributed by atoms with Gasteiger partial charge in [0, 0.05) is 12.1 Å². The van der Waals surface area contributed by atoms with Crippen molar-refractivity contribution in [2.45, 2.75) is 32.7 Å². The summed E-state index contributed by atoms with van der Waals surface area (Å²) >= 11 is 0. The Balaban J connectivity index is 2.15. The molecular formula is C24H25NO3. The van der Waals surface area contributed by atoms with Gasteiger partial charge in [-0.25, -0.2) is 0 Å². The lowest BCUT2D eigenvalue weighted by atomic mass is 9.93. The molecule has 1 aliphatic rings. The zero-order chi connectivity index (χ0) is 20.4. The molecule has 0 aliphatic carbocycles. The Morgan fingerprint density at radius 2 is 1.71 bits per heavy atom. The van der Waals surface area contributed by atoms with Crippen LogP contribution in [0.15, 0.2) is 66.8 Å². The molecule has 1 atom stereocenters. The van der Waals surface area contributed by atoms with E-state index in [0.29, 0.717) is 11.5 Å². The van der Waals surface area contributed by atoms with Gasteiger partial charge >= 0.3 is 0 Å². The zero-order valence-electron chi connectivity index (χ0n) is 16.5. The summed E-state index contributed by atoms with van der Waals surface area (Å²) in [6, 6.07) is 14.4. The lowest BCUT2D eigenvalue weighted by molar-refractivity contribution is -0.139. The van der Waals surface area contributed by atoms with E-state index in [0.717, 1.165) is 11.1 Å². The minimum Gasteiger partial charge on any atom is -0.507 e. The summed E-state index contributed by atoms with van der Waals surface area (Å²) in [5.74, 6) is -1.06. The first-order chi connectivity index (χ1) is 13.3. The number of hydrogen-bond donors (Lipinski definition) is 1. The van der Waals surface area contributed by atoms with E-state index in [2.05, 4.69) is 20.4 Å². The van der Waals surface area contributed by atoms with Gasteiger partial charge in [0.2, 0.25) is 0 Å². The van der Waals surface area contributed by atoms with Gasteiger partial charge in [0.25, 0.3) is 11.7 Å². The van der Waals surface area contributed by atoms with Crippen LogP contribution in [0, 0.1) is 6.92 Å². The van der Waals surface area contributed by atoms with E-state index in [1.807, 2.05) is 43.3 Å². The molecule has 28 heavy (non-hydrogen) atoms. The summed E-state index contributed by atoms with van der Waals surface area (Å²) in [7, 11) is 0. The van der Waals surface area contributed by atoms with Gasteiger partial charge in [0.15, 0.2) is 0 Å². The van der Waals surface area contributed by atoms with Crippen LogP contribution in [0.4, 0.5) is 0 Å². The Morgan fingerprint density at radius 1 is 1.11 bits per heavy atom. The highest BCUT2D eigenvalue weighted by atomic mass is 16.3. The van der Waals surface area contributed by atoms with Crippen molar-refractivity contribution in [1.82, 2.24) is 4.90 Å². The zero-order valence-corrected chi connectivity index (χ0v) is 16.5. The third-order valence-corrected chi connectivity index (χ3v) is 5.11. The SMILES string of the molecule is C=CCN1C(=O)C(=O)/C(=C(/O)c2ccc(C)cc2)[C@H]1c1ccc(C(C)C)cc1. The number of rotatable bonds is 5. The maximum Gasteiger partial charge on any atom is 0.295 e. The molecule has 1 aliphatic heterocycles. The van der Waals surface area contributed by atoms with Crippen LogP contribution in [0.25, 0.3) is 5.76 Å². The number of aliphatic hydroxyl groups is 1. The van der Waals surface area contributed by atoms with Crippen LogP contribution in [-0.2, 0) is 9.59 Å². The topological polar surface area (TPSA) is 57.6 Å². The number of ketones is 1. The number of aryl methyl sites for hydroxylation is 1. The third-order valence-electron chi connectivity index (χ3n) is 5.11. The molecule has 1 amide bonds. The molecule has 4 nitrogen and oxygen atoms in total. The van der Waals surface area contributed by atoms with Crippen LogP contribution in [0.5, 0.6) is 0 Å². The van der Waals surface area contributed by atoms with Crippen LogP contribution in [0.1, 0.15) is 48.1 Å². The molecule has 2 aromatic carbocycles. The molecule has 1 saturated heterocycles. The second-order valence-corrected chi connectivity index (χ2v) is 7.43. The minimum absolute atomic E-state index is 0.119. The molecule has 0 radical (unpaired) electrons. The molecule has 4 heteroatoms. The van der Waals surface area contributed by atoms with Gasteiger partial charge in [-0.15, -0.1) is 6.58 Å². The molecule has 0 spiro atoms. The van der Waals surface area contributed by atoms with Gasteiger partial charge in [-0.1, -0.05) is 74.0 Å².